The predicted molar refractivity (Wildman–Crippen MR) is 90.6 cm³/mol. The highest BCUT2D eigenvalue weighted by molar-refractivity contribution is 5.87. The lowest BCUT2D eigenvalue weighted by molar-refractivity contribution is -0.139. The zero-order chi connectivity index (χ0) is 18.2. The van der Waals surface area contributed by atoms with Crippen LogP contribution < -0.4 is 10.8 Å². The van der Waals surface area contributed by atoms with E-state index in [0.29, 0.717) is 6.42 Å². The molecule has 24 heavy (non-hydrogen) atoms. The molecule has 0 saturated carbocycles. The molecule has 0 spiro atoms. The van der Waals surface area contributed by atoms with Crippen molar-refractivity contribution in [3.05, 3.63) is 0 Å². The second-order valence-electron chi connectivity index (χ2n) is 6.11. The third kappa shape index (κ3) is 12.9. The highest BCUT2D eigenvalue weighted by Crippen LogP contribution is 2.10. The smallest absolute Gasteiger partial charge is 0.303 e. The lowest BCUT2D eigenvalue weighted by Gasteiger charge is -2.15. The van der Waals surface area contributed by atoms with Gasteiger partial charge in [-0.25, -0.2) is 5.48 Å². The van der Waals surface area contributed by atoms with Crippen LogP contribution in [-0.4, -0.2) is 34.1 Å². The number of rotatable bonds is 15. The van der Waals surface area contributed by atoms with E-state index in [1.54, 1.807) is 0 Å². The molecular weight excluding hydrogens is 312 g/mol. The molecule has 0 aliphatic heterocycles. The zero-order valence-electron chi connectivity index (χ0n) is 14.7. The molecule has 0 heterocycles. The number of carboxylic acid groups (broad SMARTS) is 1. The molecule has 0 aliphatic carbocycles. The van der Waals surface area contributed by atoms with Crippen LogP contribution in [0.2, 0.25) is 0 Å². The lowest BCUT2D eigenvalue weighted by Crippen LogP contribution is -2.46. The van der Waals surface area contributed by atoms with Gasteiger partial charge in [-0.05, 0) is 12.8 Å². The second kappa shape index (κ2) is 14.9. The monoisotopic (exact) mass is 344 g/mol. The second-order valence-corrected chi connectivity index (χ2v) is 6.11. The van der Waals surface area contributed by atoms with E-state index < -0.39 is 17.9 Å². The van der Waals surface area contributed by atoms with E-state index in [1.807, 2.05) is 0 Å². The van der Waals surface area contributed by atoms with Crippen LogP contribution in [0.1, 0.15) is 84.0 Å². The Morgan fingerprint density at radius 2 is 1.42 bits per heavy atom. The van der Waals surface area contributed by atoms with Crippen LogP contribution >= 0.6 is 0 Å². The Bertz CT molecular complexity index is 374. The summed E-state index contributed by atoms with van der Waals surface area (Å²) < 4.78 is 0. The minimum absolute atomic E-state index is 0.0504. The van der Waals surface area contributed by atoms with Gasteiger partial charge in [0.1, 0.15) is 6.04 Å². The molecule has 0 fully saturated rings. The summed E-state index contributed by atoms with van der Waals surface area (Å²) in [6.45, 7) is 2.20. The van der Waals surface area contributed by atoms with Crippen molar-refractivity contribution in [3.8, 4) is 0 Å². The molecule has 0 rings (SSSR count). The Morgan fingerprint density at radius 1 is 0.875 bits per heavy atom. The third-order valence-corrected chi connectivity index (χ3v) is 3.92. The molecular formula is C17H32N2O5. The van der Waals surface area contributed by atoms with Gasteiger partial charge in [0.05, 0.1) is 0 Å². The number of carbonyl (C=O) groups excluding carboxylic acids is 2. The minimum atomic E-state index is -1.06. The number of aliphatic carboxylic acids is 1. The molecule has 0 bridgehead atoms. The van der Waals surface area contributed by atoms with Gasteiger partial charge in [-0.2, -0.15) is 0 Å². The van der Waals surface area contributed by atoms with Crippen molar-refractivity contribution < 1.29 is 24.7 Å². The van der Waals surface area contributed by atoms with Crippen molar-refractivity contribution in [2.24, 2.45) is 0 Å². The lowest BCUT2D eigenvalue weighted by atomic mass is 10.1. The normalized spacial score (nSPS) is 11.8. The van der Waals surface area contributed by atoms with E-state index in [2.05, 4.69) is 12.2 Å². The van der Waals surface area contributed by atoms with Gasteiger partial charge in [-0.3, -0.25) is 19.6 Å². The third-order valence-electron chi connectivity index (χ3n) is 3.92. The van der Waals surface area contributed by atoms with E-state index in [4.69, 9.17) is 10.3 Å². The maximum atomic E-state index is 11.8. The van der Waals surface area contributed by atoms with Gasteiger partial charge >= 0.3 is 5.97 Å². The van der Waals surface area contributed by atoms with E-state index in [9.17, 15) is 14.4 Å². The van der Waals surface area contributed by atoms with Crippen LogP contribution in [0, 0.1) is 0 Å². The van der Waals surface area contributed by atoms with Gasteiger partial charge in [-0.15, -0.1) is 0 Å². The molecule has 0 radical (unpaired) electrons. The number of amides is 2. The summed E-state index contributed by atoms with van der Waals surface area (Å²) in [5.41, 5.74) is 1.45. The first-order valence-corrected chi connectivity index (χ1v) is 8.96. The summed E-state index contributed by atoms with van der Waals surface area (Å²) in [4.78, 5) is 33.8. The van der Waals surface area contributed by atoms with Gasteiger partial charge in [0.25, 0.3) is 5.91 Å². The predicted octanol–water partition coefficient (Wildman–Crippen LogP) is 2.76. The van der Waals surface area contributed by atoms with E-state index in [-0.39, 0.29) is 18.7 Å². The summed E-state index contributed by atoms with van der Waals surface area (Å²) in [7, 11) is 0. The van der Waals surface area contributed by atoms with Crippen molar-refractivity contribution in [2.75, 3.05) is 0 Å². The van der Waals surface area contributed by atoms with Gasteiger partial charge in [0.15, 0.2) is 0 Å². The first-order chi connectivity index (χ1) is 11.5. The number of carbonyl (C=O) groups is 3. The Morgan fingerprint density at radius 3 is 1.92 bits per heavy atom. The van der Waals surface area contributed by atoms with Crippen molar-refractivity contribution in [3.63, 3.8) is 0 Å². The van der Waals surface area contributed by atoms with Gasteiger partial charge in [0.2, 0.25) is 5.91 Å². The maximum absolute atomic E-state index is 11.8. The molecule has 0 saturated heterocycles. The fraction of sp³-hybridized carbons (Fsp3) is 0.824. The fourth-order valence-electron chi connectivity index (χ4n) is 2.48. The van der Waals surface area contributed by atoms with Crippen molar-refractivity contribution in [1.29, 1.82) is 0 Å². The first kappa shape index (κ1) is 22.4. The maximum Gasteiger partial charge on any atom is 0.303 e. The molecule has 0 aliphatic rings. The number of carboxylic acids is 1. The Kier molecular flexibility index (Phi) is 13.9. The number of hydroxylamine groups is 1. The van der Waals surface area contributed by atoms with E-state index >= 15 is 0 Å². The van der Waals surface area contributed by atoms with Crippen LogP contribution in [0.5, 0.6) is 0 Å². The number of nitrogens with one attached hydrogen (secondary N) is 2. The van der Waals surface area contributed by atoms with Crippen LogP contribution in [0.3, 0.4) is 0 Å². The molecule has 7 nitrogen and oxygen atoms in total. The molecule has 0 aromatic carbocycles. The molecule has 4 N–H and O–H groups in total. The summed E-state index contributed by atoms with van der Waals surface area (Å²) in [5, 5.41) is 19.7. The summed E-state index contributed by atoms with van der Waals surface area (Å²) in [6, 6.07) is -1.02. The molecule has 1 atom stereocenters. The van der Waals surface area contributed by atoms with Gasteiger partial charge in [-0.1, -0.05) is 58.3 Å². The topological polar surface area (TPSA) is 116 Å². The van der Waals surface area contributed by atoms with Crippen LogP contribution in [0.15, 0.2) is 0 Å². The van der Waals surface area contributed by atoms with E-state index in [1.165, 1.54) is 44.0 Å². The standard InChI is InChI=1S/C17H32N2O5/c1-2-3-4-5-6-7-8-9-10-11-15(20)18-14(17(23)19-24)12-13-16(21)22/h14,24H,2-13H2,1H3,(H,18,20)(H,19,23)(H,21,22). The molecule has 140 valence electrons. The van der Waals surface area contributed by atoms with Crippen molar-refractivity contribution in [1.82, 2.24) is 10.8 Å². The number of hydrogen-bond donors (Lipinski definition) is 4. The molecule has 0 aromatic heterocycles. The number of hydrogen-bond acceptors (Lipinski definition) is 4. The molecule has 7 heteroatoms. The average Bonchev–Trinajstić information content (AvgIpc) is 2.56. The van der Waals surface area contributed by atoms with Gasteiger partial charge in [0, 0.05) is 12.8 Å². The van der Waals surface area contributed by atoms with Crippen LogP contribution in [0.25, 0.3) is 0 Å². The quantitative estimate of drug-likeness (QED) is 0.207. The Balaban J connectivity index is 3.80. The summed E-state index contributed by atoms with van der Waals surface area (Å²) >= 11 is 0. The highest BCUT2D eigenvalue weighted by Gasteiger charge is 2.20. The van der Waals surface area contributed by atoms with Gasteiger partial charge < -0.3 is 10.4 Å². The largest absolute Gasteiger partial charge is 0.481 e. The molecule has 0 aromatic rings. The van der Waals surface area contributed by atoms with Crippen LogP contribution in [-0.2, 0) is 14.4 Å². The summed E-state index contributed by atoms with van der Waals surface area (Å²) in [6.07, 6.45) is 10.3. The highest BCUT2D eigenvalue weighted by atomic mass is 16.5. The number of unbranched alkanes of at least 4 members (excludes halogenated alkanes) is 8. The minimum Gasteiger partial charge on any atom is -0.481 e. The van der Waals surface area contributed by atoms with Crippen molar-refractivity contribution in [2.45, 2.75) is 90.0 Å². The summed E-state index contributed by atoms with van der Waals surface area (Å²) in [5.74, 6) is -2.15. The zero-order valence-corrected chi connectivity index (χ0v) is 14.7. The van der Waals surface area contributed by atoms with Crippen LogP contribution in [0.4, 0.5) is 0 Å². The SMILES string of the molecule is CCCCCCCCCCCC(=O)NC(CCC(=O)O)C(=O)NO. The molecule has 1 unspecified atom stereocenters. The first-order valence-electron chi connectivity index (χ1n) is 8.96. The average molecular weight is 344 g/mol. The fourth-order valence-corrected chi connectivity index (χ4v) is 2.48. The van der Waals surface area contributed by atoms with E-state index in [0.717, 1.165) is 19.3 Å². The molecule has 2 amide bonds. The van der Waals surface area contributed by atoms with Crippen molar-refractivity contribution >= 4 is 17.8 Å². The Hall–Kier alpha value is -1.63. The Labute approximate surface area is 144 Å².